The van der Waals surface area contributed by atoms with Crippen molar-refractivity contribution < 1.29 is 14.3 Å². The molecular weight excluding hydrogens is 218 g/mol. The summed E-state index contributed by atoms with van der Waals surface area (Å²) < 4.78 is 10.4. The Morgan fingerprint density at radius 1 is 1.35 bits per heavy atom. The summed E-state index contributed by atoms with van der Waals surface area (Å²) in [5.41, 5.74) is 6.95. The summed E-state index contributed by atoms with van der Waals surface area (Å²) in [4.78, 5) is 12.2. The molecule has 0 fully saturated rings. The lowest BCUT2D eigenvalue weighted by Gasteiger charge is -2.15. The summed E-state index contributed by atoms with van der Waals surface area (Å²) in [5.74, 6) is 1.00. The third kappa shape index (κ3) is 2.77. The average molecular weight is 237 g/mol. The van der Waals surface area contributed by atoms with Crippen LogP contribution in [0.25, 0.3) is 0 Å². The van der Waals surface area contributed by atoms with Crippen molar-refractivity contribution in [3.8, 4) is 11.5 Å². The van der Waals surface area contributed by atoms with Gasteiger partial charge in [0.15, 0.2) is 5.78 Å². The summed E-state index contributed by atoms with van der Waals surface area (Å²) in [6.07, 6.45) is 0. The molecule has 17 heavy (non-hydrogen) atoms. The number of ether oxygens (including phenoxy) is 2. The van der Waals surface area contributed by atoms with Crippen LogP contribution in [-0.2, 0) is 0 Å². The summed E-state index contributed by atoms with van der Waals surface area (Å²) >= 11 is 0. The first-order valence-corrected chi connectivity index (χ1v) is 5.52. The molecule has 0 amide bonds. The molecule has 0 saturated heterocycles. The maximum Gasteiger partial charge on any atom is 0.170 e. The van der Waals surface area contributed by atoms with Crippen molar-refractivity contribution in [3.05, 3.63) is 23.3 Å². The van der Waals surface area contributed by atoms with Crippen molar-refractivity contribution >= 4 is 5.78 Å². The molecule has 1 rings (SSSR count). The monoisotopic (exact) mass is 237 g/mol. The predicted molar refractivity (Wildman–Crippen MR) is 66.8 cm³/mol. The van der Waals surface area contributed by atoms with E-state index in [1.54, 1.807) is 13.2 Å². The van der Waals surface area contributed by atoms with Crippen LogP contribution in [0.5, 0.6) is 11.5 Å². The average Bonchev–Trinajstić information content (AvgIpc) is 2.35. The number of nitrogens with two attached hydrogens (primary N) is 1. The van der Waals surface area contributed by atoms with Gasteiger partial charge in [0.1, 0.15) is 11.5 Å². The molecule has 0 heterocycles. The summed E-state index contributed by atoms with van der Waals surface area (Å²) in [6, 6.07) is 3.53. The smallest absolute Gasteiger partial charge is 0.170 e. The molecule has 0 saturated carbocycles. The molecule has 0 aliphatic rings. The van der Waals surface area contributed by atoms with Gasteiger partial charge >= 0.3 is 0 Å². The fourth-order valence-electron chi connectivity index (χ4n) is 1.67. The van der Waals surface area contributed by atoms with Gasteiger partial charge in [0, 0.05) is 18.5 Å². The van der Waals surface area contributed by atoms with E-state index in [2.05, 4.69) is 0 Å². The Bertz CT molecular complexity index is 415. The van der Waals surface area contributed by atoms with E-state index in [1.165, 1.54) is 7.11 Å². The van der Waals surface area contributed by atoms with Crippen molar-refractivity contribution in [3.63, 3.8) is 0 Å². The first kappa shape index (κ1) is 13.5. The molecule has 0 radical (unpaired) electrons. The van der Waals surface area contributed by atoms with Crippen molar-refractivity contribution in [2.75, 3.05) is 20.8 Å². The summed E-state index contributed by atoms with van der Waals surface area (Å²) in [6.45, 7) is 4.00. The van der Waals surface area contributed by atoms with Gasteiger partial charge in [0.25, 0.3) is 0 Å². The Balaban J connectivity index is 3.27. The quantitative estimate of drug-likeness (QED) is 0.793. The topological polar surface area (TPSA) is 61.5 Å². The number of carbonyl (C=O) groups is 1. The second kappa shape index (κ2) is 5.68. The standard InChI is InChI=1S/C13H19NO3/c1-8-5-10(16-3)6-11(17-4)12(8)13(15)9(2)7-14/h5-6,9H,7,14H2,1-4H3. The zero-order valence-electron chi connectivity index (χ0n) is 10.7. The van der Waals surface area contributed by atoms with Gasteiger partial charge in [-0.3, -0.25) is 4.79 Å². The minimum atomic E-state index is -0.212. The molecule has 0 bridgehead atoms. The van der Waals surface area contributed by atoms with Crippen molar-refractivity contribution in [1.82, 2.24) is 0 Å². The van der Waals surface area contributed by atoms with Crippen molar-refractivity contribution in [2.24, 2.45) is 11.7 Å². The van der Waals surface area contributed by atoms with Crippen LogP contribution in [-0.4, -0.2) is 26.5 Å². The summed E-state index contributed by atoms with van der Waals surface area (Å²) in [5, 5.41) is 0. The van der Waals surface area contributed by atoms with Gasteiger partial charge in [-0.1, -0.05) is 6.92 Å². The van der Waals surface area contributed by atoms with E-state index in [0.717, 1.165) is 5.56 Å². The Kier molecular flexibility index (Phi) is 4.52. The number of benzene rings is 1. The van der Waals surface area contributed by atoms with Crippen LogP contribution in [0.15, 0.2) is 12.1 Å². The highest BCUT2D eigenvalue weighted by molar-refractivity contribution is 6.01. The van der Waals surface area contributed by atoms with E-state index in [1.807, 2.05) is 19.9 Å². The highest BCUT2D eigenvalue weighted by atomic mass is 16.5. The van der Waals surface area contributed by atoms with E-state index in [0.29, 0.717) is 23.6 Å². The molecule has 2 N–H and O–H groups in total. The molecule has 4 nitrogen and oxygen atoms in total. The number of aryl methyl sites for hydroxylation is 1. The van der Waals surface area contributed by atoms with Crippen molar-refractivity contribution in [2.45, 2.75) is 13.8 Å². The lowest BCUT2D eigenvalue weighted by Crippen LogP contribution is -2.22. The molecule has 1 atom stereocenters. The molecule has 4 heteroatoms. The van der Waals surface area contributed by atoms with Gasteiger partial charge in [-0.25, -0.2) is 0 Å². The Morgan fingerprint density at radius 2 is 2.00 bits per heavy atom. The largest absolute Gasteiger partial charge is 0.497 e. The van der Waals surface area contributed by atoms with Crippen LogP contribution in [0.3, 0.4) is 0 Å². The highest BCUT2D eigenvalue weighted by Gasteiger charge is 2.21. The maximum absolute atomic E-state index is 12.2. The number of rotatable bonds is 5. The second-order valence-electron chi connectivity index (χ2n) is 4.02. The van der Waals surface area contributed by atoms with Gasteiger partial charge in [-0.05, 0) is 18.6 Å². The SMILES string of the molecule is COc1cc(C)c(C(=O)C(C)CN)c(OC)c1. The van der Waals surface area contributed by atoms with E-state index in [9.17, 15) is 4.79 Å². The summed E-state index contributed by atoms with van der Waals surface area (Å²) in [7, 11) is 3.12. The first-order valence-electron chi connectivity index (χ1n) is 5.52. The van der Waals surface area contributed by atoms with Crippen LogP contribution in [0.2, 0.25) is 0 Å². The van der Waals surface area contributed by atoms with Crippen molar-refractivity contribution in [1.29, 1.82) is 0 Å². The fourth-order valence-corrected chi connectivity index (χ4v) is 1.67. The minimum Gasteiger partial charge on any atom is -0.497 e. The minimum absolute atomic E-state index is 0.00417. The van der Waals surface area contributed by atoms with Gasteiger partial charge < -0.3 is 15.2 Å². The van der Waals surface area contributed by atoms with Crippen LogP contribution >= 0.6 is 0 Å². The Hall–Kier alpha value is -1.55. The molecule has 1 unspecified atom stereocenters. The van der Waals surface area contributed by atoms with Crippen LogP contribution in [0, 0.1) is 12.8 Å². The lowest BCUT2D eigenvalue weighted by molar-refractivity contribution is 0.0930. The van der Waals surface area contributed by atoms with Gasteiger partial charge in [0.2, 0.25) is 0 Å². The molecule has 0 spiro atoms. The molecule has 0 aliphatic heterocycles. The van der Waals surface area contributed by atoms with Crippen LogP contribution in [0.1, 0.15) is 22.8 Å². The number of hydrogen-bond donors (Lipinski definition) is 1. The third-order valence-corrected chi connectivity index (χ3v) is 2.78. The van der Waals surface area contributed by atoms with Crippen LogP contribution in [0.4, 0.5) is 0 Å². The zero-order valence-corrected chi connectivity index (χ0v) is 10.7. The highest BCUT2D eigenvalue weighted by Crippen LogP contribution is 2.30. The zero-order chi connectivity index (χ0) is 13.0. The fraction of sp³-hybridized carbons (Fsp3) is 0.462. The van der Waals surface area contributed by atoms with Gasteiger partial charge in [-0.15, -0.1) is 0 Å². The van der Waals surface area contributed by atoms with Gasteiger partial charge in [0.05, 0.1) is 19.8 Å². The molecule has 0 aliphatic carbocycles. The van der Waals surface area contributed by atoms with Crippen LogP contribution < -0.4 is 15.2 Å². The molecule has 0 aromatic heterocycles. The third-order valence-electron chi connectivity index (χ3n) is 2.78. The second-order valence-corrected chi connectivity index (χ2v) is 4.02. The first-order chi connectivity index (χ1) is 8.04. The molecule has 1 aromatic carbocycles. The molecular formula is C13H19NO3. The Labute approximate surface area is 102 Å². The lowest BCUT2D eigenvalue weighted by atomic mass is 9.95. The number of Topliss-reactive ketones (excluding diaryl/α,β-unsaturated/α-hetero) is 1. The van der Waals surface area contributed by atoms with E-state index in [4.69, 9.17) is 15.2 Å². The number of ketones is 1. The normalized spacial score (nSPS) is 12.1. The predicted octanol–water partition coefficient (Wildman–Crippen LogP) is 1.79. The number of methoxy groups -OCH3 is 2. The maximum atomic E-state index is 12.2. The molecule has 1 aromatic rings. The van der Waals surface area contributed by atoms with E-state index < -0.39 is 0 Å². The van der Waals surface area contributed by atoms with E-state index in [-0.39, 0.29) is 11.7 Å². The van der Waals surface area contributed by atoms with E-state index >= 15 is 0 Å². The van der Waals surface area contributed by atoms with Gasteiger partial charge in [-0.2, -0.15) is 0 Å². The number of hydrogen-bond acceptors (Lipinski definition) is 4. The molecule has 94 valence electrons. The number of carbonyl (C=O) groups excluding carboxylic acids is 1. The Morgan fingerprint density at radius 3 is 2.47 bits per heavy atom.